The molecule has 10 heteroatoms. The van der Waals surface area contributed by atoms with Crippen LogP contribution in [0.2, 0.25) is 5.02 Å². The number of fused-ring (bicyclic) bond motifs is 1. The SMILES string of the molecule is C[C@@H](CO)n1ccc2c(NC(=O)Cc3ccc(F)c(C(F)(F)F)c3)c(Cl)ccc2c1=O. The van der Waals surface area contributed by atoms with Gasteiger partial charge in [-0.15, -0.1) is 0 Å². The number of halogens is 5. The van der Waals surface area contributed by atoms with Crippen molar-refractivity contribution in [1.29, 1.82) is 0 Å². The van der Waals surface area contributed by atoms with E-state index in [0.29, 0.717) is 17.5 Å². The molecule has 1 heterocycles. The molecule has 0 saturated heterocycles. The number of nitrogens with zero attached hydrogens (tertiary/aromatic N) is 1. The maximum atomic E-state index is 13.4. The Balaban J connectivity index is 1.93. The molecule has 1 amide bonds. The minimum Gasteiger partial charge on any atom is -0.394 e. The number of hydrogen-bond acceptors (Lipinski definition) is 3. The van der Waals surface area contributed by atoms with E-state index in [1.165, 1.54) is 22.9 Å². The van der Waals surface area contributed by atoms with E-state index in [4.69, 9.17) is 11.6 Å². The van der Waals surface area contributed by atoms with Crippen LogP contribution >= 0.6 is 11.6 Å². The summed E-state index contributed by atoms with van der Waals surface area (Å²) < 4.78 is 53.4. The lowest BCUT2D eigenvalue weighted by molar-refractivity contribution is -0.140. The van der Waals surface area contributed by atoms with Crippen molar-refractivity contribution in [2.24, 2.45) is 0 Å². The van der Waals surface area contributed by atoms with Gasteiger partial charge in [0, 0.05) is 17.0 Å². The number of nitrogens with one attached hydrogen (secondary N) is 1. The van der Waals surface area contributed by atoms with Crippen molar-refractivity contribution >= 4 is 34.0 Å². The van der Waals surface area contributed by atoms with Gasteiger partial charge in [-0.05, 0) is 42.8 Å². The van der Waals surface area contributed by atoms with E-state index in [1.54, 1.807) is 13.0 Å². The van der Waals surface area contributed by atoms with Crippen LogP contribution in [0.3, 0.4) is 0 Å². The molecule has 5 nitrogen and oxygen atoms in total. The van der Waals surface area contributed by atoms with E-state index in [2.05, 4.69) is 5.32 Å². The van der Waals surface area contributed by atoms with Gasteiger partial charge in [0.15, 0.2) is 0 Å². The molecule has 0 aliphatic rings. The Labute approximate surface area is 178 Å². The average molecular weight is 457 g/mol. The molecule has 0 aliphatic carbocycles. The molecule has 3 aromatic rings. The van der Waals surface area contributed by atoms with E-state index < -0.39 is 41.5 Å². The van der Waals surface area contributed by atoms with E-state index in [-0.39, 0.29) is 28.3 Å². The Kier molecular flexibility index (Phi) is 6.38. The lowest BCUT2D eigenvalue weighted by atomic mass is 10.1. The van der Waals surface area contributed by atoms with Crippen LogP contribution in [-0.4, -0.2) is 22.2 Å². The van der Waals surface area contributed by atoms with Crippen molar-refractivity contribution in [3.05, 3.63) is 74.9 Å². The third kappa shape index (κ3) is 4.72. The number of anilines is 1. The summed E-state index contributed by atoms with van der Waals surface area (Å²) in [4.78, 5) is 25.2. The van der Waals surface area contributed by atoms with Gasteiger partial charge >= 0.3 is 6.18 Å². The predicted molar refractivity (Wildman–Crippen MR) is 109 cm³/mol. The van der Waals surface area contributed by atoms with Gasteiger partial charge in [-0.1, -0.05) is 17.7 Å². The molecule has 2 N–H and O–H groups in total. The molecule has 2 aromatic carbocycles. The summed E-state index contributed by atoms with van der Waals surface area (Å²) in [5, 5.41) is 12.5. The quantitative estimate of drug-likeness (QED) is 0.553. The number of aliphatic hydroxyl groups is 1. The van der Waals surface area contributed by atoms with Crippen LogP contribution in [0.25, 0.3) is 10.8 Å². The summed E-state index contributed by atoms with van der Waals surface area (Å²) in [7, 11) is 0. The van der Waals surface area contributed by atoms with Crippen LogP contribution in [-0.2, 0) is 17.4 Å². The minimum absolute atomic E-state index is 0.0401. The van der Waals surface area contributed by atoms with Crippen LogP contribution in [0.15, 0.2) is 47.4 Å². The summed E-state index contributed by atoms with van der Waals surface area (Å²) >= 11 is 6.18. The van der Waals surface area contributed by atoms with E-state index >= 15 is 0 Å². The van der Waals surface area contributed by atoms with Crippen LogP contribution in [0.5, 0.6) is 0 Å². The average Bonchev–Trinajstić information content (AvgIpc) is 2.70. The van der Waals surface area contributed by atoms with Crippen molar-refractivity contribution in [1.82, 2.24) is 4.57 Å². The first-order valence-electron chi connectivity index (χ1n) is 9.12. The molecule has 3 rings (SSSR count). The molecular weight excluding hydrogens is 440 g/mol. The predicted octanol–water partition coefficient (Wildman–Crippen LogP) is 4.55. The van der Waals surface area contributed by atoms with E-state index in [1.807, 2.05) is 0 Å². The van der Waals surface area contributed by atoms with Gasteiger partial charge in [0.05, 0.1) is 35.3 Å². The zero-order valence-electron chi connectivity index (χ0n) is 16.1. The number of benzene rings is 2. The third-order valence-electron chi connectivity index (χ3n) is 4.77. The minimum atomic E-state index is -4.89. The van der Waals surface area contributed by atoms with Crippen LogP contribution in [0.4, 0.5) is 23.2 Å². The summed E-state index contributed by atoms with van der Waals surface area (Å²) in [6, 6.07) is 6.29. The molecule has 0 radical (unpaired) electrons. The highest BCUT2D eigenvalue weighted by molar-refractivity contribution is 6.35. The van der Waals surface area contributed by atoms with Crippen molar-refractivity contribution in [3.63, 3.8) is 0 Å². The monoisotopic (exact) mass is 456 g/mol. The fourth-order valence-corrected chi connectivity index (χ4v) is 3.36. The van der Waals surface area contributed by atoms with E-state index in [9.17, 15) is 32.3 Å². The highest BCUT2D eigenvalue weighted by Crippen LogP contribution is 2.33. The zero-order chi connectivity index (χ0) is 22.9. The van der Waals surface area contributed by atoms with Crippen LogP contribution in [0.1, 0.15) is 24.1 Å². The topological polar surface area (TPSA) is 71.3 Å². The lowest BCUT2D eigenvalue weighted by Crippen LogP contribution is -2.25. The number of hydrogen-bond donors (Lipinski definition) is 2. The Morgan fingerprint density at radius 2 is 1.90 bits per heavy atom. The number of amides is 1. The van der Waals surface area contributed by atoms with Crippen LogP contribution in [0, 0.1) is 5.82 Å². The molecule has 0 unspecified atom stereocenters. The second kappa shape index (κ2) is 8.68. The molecule has 31 heavy (non-hydrogen) atoms. The zero-order valence-corrected chi connectivity index (χ0v) is 16.9. The lowest BCUT2D eigenvalue weighted by Gasteiger charge is -2.16. The molecule has 0 aliphatic heterocycles. The molecule has 0 fully saturated rings. The Hall–Kier alpha value is -2.91. The molecular formula is C21H17ClF4N2O3. The number of carbonyl (C=O) groups is 1. The first kappa shape index (κ1) is 22.8. The van der Waals surface area contributed by atoms with Gasteiger partial charge in [-0.2, -0.15) is 13.2 Å². The van der Waals surface area contributed by atoms with Crippen molar-refractivity contribution in [2.45, 2.75) is 25.6 Å². The highest BCUT2D eigenvalue weighted by atomic mass is 35.5. The molecule has 1 atom stereocenters. The number of aliphatic hydroxyl groups excluding tert-OH is 1. The van der Waals surface area contributed by atoms with Crippen molar-refractivity contribution in [2.75, 3.05) is 11.9 Å². The summed E-state index contributed by atoms with van der Waals surface area (Å²) in [6.45, 7) is 1.41. The first-order valence-corrected chi connectivity index (χ1v) is 9.50. The fraction of sp³-hybridized carbons (Fsp3) is 0.238. The number of carbonyl (C=O) groups excluding carboxylic acids is 1. The molecule has 0 saturated carbocycles. The van der Waals surface area contributed by atoms with Gasteiger partial charge < -0.3 is 15.0 Å². The Morgan fingerprint density at radius 1 is 1.19 bits per heavy atom. The van der Waals surface area contributed by atoms with Gasteiger partial charge in [0.2, 0.25) is 5.91 Å². The normalized spacial score (nSPS) is 12.7. The van der Waals surface area contributed by atoms with Gasteiger partial charge in [0.1, 0.15) is 5.82 Å². The smallest absolute Gasteiger partial charge is 0.394 e. The fourth-order valence-electron chi connectivity index (χ4n) is 3.14. The second-order valence-corrected chi connectivity index (χ2v) is 7.39. The number of pyridine rings is 1. The summed E-state index contributed by atoms with van der Waals surface area (Å²) in [5.41, 5.74) is -1.77. The molecule has 0 spiro atoms. The molecule has 0 bridgehead atoms. The number of alkyl halides is 3. The Bertz CT molecular complexity index is 1210. The number of rotatable bonds is 5. The summed E-state index contributed by atoms with van der Waals surface area (Å²) in [5.74, 6) is -2.12. The Morgan fingerprint density at radius 3 is 2.55 bits per heavy atom. The maximum absolute atomic E-state index is 13.4. The highest BCUT2D eigenvalue weighted by Gasteiger charge is 2.34. The van der Waals surface area contributed by atoms with E-state index in [0.717, 1.165) is 6.07 Å². The molecule has 164 valence electrons. The van der Waals surface area contributed by atoms with Crippen molar-refractivity contribution < 1.29 is 27.5 Å². The van der Waals surface area contributed by atoms with Gasteiger partial charge in [-0.25, -0.2) is 4.39 Å². The third-order valence-corrected chi connectivity index (χ3v) is 5.08. The maximum Gasteiger partial charge on any atom is 0.419 e. The van der Waals surface area contributed by atoms with Gasteiger partial charge in [-0.3, -0.25) is 9.59 Å². The second-order valence-electron chi connectivity index (χ2n) is 6.98. The number of aromatic nitrogens is 1. The van der Waals surface area contributed by atoms with Crippen LogP contribution < -0.4 is 10.9 Å². The summed E-state index contributed by atoms with van der Waals surface area (Å²) in [6.07, 6.45) is -3.90. The van der Waals surface area contributed by atoms with Crippen molar-refractivity contribution in [3.8, 4) is 0 Å². The standard InChI is InChI=1S/C21H17ClF4N2O3/c1-11(10-29)28-7-6-13-14(20(28)31)3-4-16(22)19(13)27-18(30)9-12-2-5-17(23)15(8-12)21(24,25)26/h2-8,11,29H,9-10H2,1H3,(H,27,30)/t11-/m0/s1. The van der Waals surface area contributed by atoms with Gasteiger partial charge in [0.25, 0.3) is 5.56 Å². The first-order chi connectivity index (χ1) is 14.5. The molecule has 1 aromatic heterocycles. The largest absolute Gasteiger partial charge is 0.419 e.